The molecule has 0 spiro atoms. The lowest BCUT2D eigenvalue weighted by Crippen LogP contribution is -2.15. The second-order valence-electron chi connectivity index (χ2n) is 6.25. The quantitative estimate of drug-likeness (QED) is 0.313. The van der Waals surface area contributed by atoms with Crippen LogP contribution in [0, 0.1) is 0 Å². The first-order chi connectivity index (χ1) is 13.1. The fraction of sp³-hybridized carbons (Fsp3) is 0.227. The highest BCUT2D eigenvalue weighted by Gasteiger charge is 2.21. The lowest BCUT2D eigenvalue weighted by atomic mass is 10.1. The number of nitrogens with zero attached hydrogens (tertiary/aromatic N) is 3. The third kappa shape index (κ3) is 4.37. The van der Waals surface area contributed by atoms with E-state index >= 15 is 0 Å². The minimum absolute atomic E-state index is 0.0945. The fourth-order valence-corrected chi connectivity index (χ4v) is 3.76. The summed E-state index contributed by atoms with van der Waals surface area (Å²) in [6, 6.07) is 17.8. The number of Topliss-reactive ketones (excluding diaryl/α,β-unsaturated/α-hetero) is 1. The Balaban J connectivity index is 1.82. The number of ketones is 1. The number of hydrogen-bond acceptors (Lipinski definition) is 4. The van der Waals surface area contributed by atoms with E-state index in [1.807, 2.05) is 72.2 Å². The molecule has 1 atom stereocenters. The summed E-state index contributed by atoms with van der Waals surface area (Å²) in [6.45, 7) is 8.44. The smallest absolute Gasteiger partial charge is 0.192 e. The maximum atomic E-state index is 12.8. The summed E-state index contributed by atoms with van der Waals surface area (Å²) in [5.74, 6) is 0.877. The number of carbonyl (C=O) groups excluding carboxylic acids is 1. The molecule has 3 rings (SSSR count). The standard InChI is InChI=1S/C22H23N3OS/c1-4-15-25-21(19-9-7-6-8-10-19)23-24-22(25)27-16(3)20(26)18-13-11-17(5-2)12-14-18/h4,6-14,16H,1,5,15H2,2-3H3. The van der Waals surface area contributed by atoms with Gasteiger partial charge in [-0.05, 0) is 18.9 Å². The van der Waals surface area contributed by atoms with E-state index < -0.39 is 0 Å². The van der Waals surface area contributed by atoms with E-state index in [9.17, 15) is 4.79 Å². The molecule has 1 aromatic heterocycles. The number of aromatic nitrogens is 3. The van der Waals surface area contributed by atoms with Gasteiger partial charge in [0.05, 0.1) is 5.25 Å². The summed E-state index contributed by atoms with van der Waals surface area (Å²) in [7, 11) is 0. The Morgan fingerprint density at radius 3 is 2.48 bits per heavy atom. The lowest BCUT2D eigenvalue weighted by molar-refractivity contribution is 0.0994. The molecule has 0 fully saturated rings. The zero-order chi connectivity index (χ0) is 19.2. The van der Waals surface area contributed by atoms with Crippen molar-refractivity contribution in [1.29, 1.82) is 0 Å². The minimum atomic E-state index is -0.256. The summed E-state index contributed by atoms with van der Waals surface area (Å²) < 4.78 is 2.00. The molecule has 0 aliphatic heterocycles. The first-order valence-electron chi connectivity index (χ1n) is 9.03. The average molecular weight is 378 g/mol. The number of thioether (sulfide) groups is 1. The Morgan fingerprint density at radius 2 is 1.85 bits per heavy atom. The highest BCUT2D eigenvalue weighted by atomic mass is 32.2. The van der Waals surface area contributed by atoms with Crippen molar-refractivity contribution in [2.75, 3.05) is 0 Å². The predicted octanol–water partition coefficient (Wildman–Crippen LogP) is 5.06. The number of benzene rings is 2. The van der Waals surface area contributed by atoms with Gasteiger partial charge in [-0.1, -0.05) is 79.4 Å². The van der Waals surface area contributed by atoms with Crippen molar-refractivity contribution in [3.05, 3.63) is 78.4 Å². The number of carbonyl (C=O) groups is 1. The van der Waals surface area contributed by atoms with Gasteiger partial charge >= 0.3 is 0 Å². The molecular weight excluding hydrogens is 354 g/mol. The molecule has 3 aromatic rings. The highest BCUT2D eigenvalue weighted by molar-refractivity contribution is 8.00. The average Bonchev–Trinajstić information content (AvgIpc) is 3.10. The van der Waals surface area contributed by atoms with Crippen molar-refractivity contribution in [3.8, 4) is 11.4 Å². The van der Waals surface area contributed by atoms with E-state index in [0.29, 0.717) is 6.54 Å². The van der Waals surface area contributed by atoms with Gasteiger partial charge in [0.15, 0.2) is 16.8 Å². The second kappa shape index (κ2) is 8.82. The van der Waals surface area contributed by atoms with Gasteiger partial charge in [0, 0.05) is 17.7 Å². The van der Waals surface area contributed by atoms with Crippen LogP contribution in [0.15, 0.2) is 72.4 Å². The monoisotopic (exact) mass is 377 g/mol. The SMILES string of the molecule is C=CCn1c(SC(C)C(=O)c2ccc(CC)cc2)nnc1-c1ccccc1. The highest BCUT2D eigenvalue weighted by Crippen LogP contribution is 2.28. The first kappa shape index (κ1) is 19.1. The number of rotatable bonds is 8. The third-order valence-corrected chi connectivity index (χ3v) is 5.44. The van der Waals surface area contributed by atoms with Gasteiger partial charge < -0.3 is 0 Å². The minimum Gasteiger partial charge on any atom is -0.298 e. The molecule has 4 nitrogen and oxygen atoms in total. The molecule has 27 heavy (non-hydrogen) atoms. The predicted molar refractivity (Wildman–Crippen MR) is 111 cm³/mol. The van der Waals surface area contributed by atoms with Crippen LogP contribution in [0.3, 0.4) is 0 Å². The van der Waals surface area contributed by atoms with Crippen LogP contribution >= 0.6 is 11.8 Å². The Hall–Kier alpha value is -2.66. The Labute approximate surface area is 164 Å². The Morgan fingerprint density at radius 1 is 1.15 bits per heavy atom. The summed E-state index contributed by atoms with van der Waals surface area (Å²) in [5.41, 5.74) is 2.95. The van der Waals surface area contributed by atoms with Crippen LogP contribution in [0.25, 0.3) is 11.4 Å². The second-order valence-corrected chi connectivity index (χ2v) is 7.55. The van der Waals surface area contributed by atoms with E-state index in [1.54, 1.807) is 0 Å². The number of hydrogen-bond donors (Lipinski definition) is 0. The van der Waals surface area contributed by atoms with Crippen molar-refractivity contribution >= 4 is 17.5 Å². The van der Waals surface area contributed by atoms with Crippen LogP contribution in [0.4, 0.5) is 0 Å². The van der Waals surface area contributed by atoms with E-state index in [-0.39, 0.29) is 11.0 Å². The molecule has 1 unspecified atom stereocenters. The molecule has 1 heterocycles. The van der Waals surface area contributed by atoms with Crippen molar-refractivity contribution in [3.63, 3.8) is 0 Å². The van der Waals surface area contributed by atoms with Gasteiger partial charge in [0.2, 0.25) is 0 Å². The van der Waals surface area contributed by atoms with E-state index in [4.69, 9.17) is 0 Å². The van der Waals surface area contributed by atoms with Gasteiger partial charge in [0.25, 0.3) is 0 Å². The molecule has 0 N–H and O–H groups in total. The molecule has 0 amide bonds. The van der Waals surface area contributed by atoms with Gasteiger partial charge in [-0.3, -0.25) is 9.36 Å². The van der Waals surface area contributed by atoms with Gasteiger partial charge in [0.1, 0.15) is 0 Å². The number of allylic oxidation sites excluding steroid dienone is 1. The van der Waals surface area contributed by atoms with E-state index in [0.717, 1.165) is 28.5 Å². The summed E-state index contributed by atoms with van der Waals surface area (Å²) in [6.07, 6.45) is 2.78. The Bertz CT molecular complexity index is 916. The number of aryl methyl sites for hydroxylation is 1. The molecule has 0 radical (unpaired) electrons. The summed E-state index contributed by atoms with van der Waals surface area (Å²) >= 11 is 1.43. The van der Waals surface area contributed by atoms with E-state index in [2.05, 4.69) is 23.7 Å². The Kier molecular flexibility index (Phi) is 6.24. The topological polar surface area (TPSA) is 47.8 Å². The van der Waals surface area contributed by atoms with E-state index in [1.165, 1.54) is 17.3 Å². The van der Waals surface area contributed by atoms with Gasteiger partial charge in [-0.25, -0.2) is 0 Å². The van der Waals surface area contributed by atoms with Crippen molar-refractivity contribution in [2.24, 2.45) is 0 Å². The molecule has 0 saturated carbocycles. The van der Waals surface area contributed by atoms with Crippen LogP contribution in [0.1, 0.15) is 29.8 Å². The normalized spacial score (nSPS) is 11.9. The molecule has 0 bridgehead atoms. The van der Waals surface area contributed by atoms with Gasteiger partial charge in [-0.15, -0.1) is 16.8 Å². The largest absolute Gasteiger partial charge is 0.298 e. The zero-order valence-electron chi connectivity index (χ0n) is 15.6. The molecule has 5 heteroatoms. The van der Waals surface area contributed by atoms with Crippen LogP contribution in [-0.2, 0) is 13.0 Å². The summed E-state index contributed by atoms with van der Waals surface area (Å²) in [4.78, 5) is 12.8. The van der Waals surface area contributed by atoms with Crippen LogP contribution in [0.2, 0.25) is 0 Å². The molecular formula is C22H23N3OS. The zero-order valence-corrected chi connectivity index (χ0v) is 16.4. The third-order valence-electron chi connectivity index (χ3n) is 4.36. The van der Waals surface area contributed by atoms with Gasteiger partial charge in [-0.2, -0.15) is 0 Å². The molecule has 2 aromatic carbocycles. The molecule has 0 aliphatic rings. The summed E-state index contributed by atoms with van der Waals surface area (Å²) in [5, 5.41) is 9.14. The molecule has 138 valence electrons. The lowest BCUT2D eigenvalue weighted by Gasteiger charge is -2.12. The maximum Gasteiger partial charge on any atom is 0.192 e. The maximum absolute atomic E-state index is 12.8. The van der Waals surface area contributed by atoms with Crippen molar-refractivity contribution in [1.82, 2.24) is 14.8 Å². The van der Waals surface area contributed by atoms with Crippen LogP contribution in [0.5, 0.6) is 0 Å². The van der Waals surface area contributed by atoms with Crippen molar-refractivity contribution in [2.45, 2.75) is 37.2 Å². The van der Waals surface area contributed by atoms with Crippen molar-refractivity contribution < 1.29 is 4.79 Å². The molecule has 0 aliphatic carbocycles. The van der Waals surface area contributed by atoms with Crippen LogP contribution < -0.4 is 0 Å². The van der Waals surface area contributed by atoms with Crippen LogP contribution in [-0.4, -0.2) is 25.8 Å². The first-order valence-corrected chi connectivity index (χ1v) is 9.91. The fourth-order valence-electron chi connectivity index (χ4n) is 2.82. The molecule has 0 saturated heterocycles.